The number of anilines is 1. The lowest BCUT2D eigenvalue weighted by Crippen LogP contribution is -2.08. The molecule has 0 saturated carbocycles. The van der Waals surface area contributed by atoms with E-state index in [1.807, 2.05) is 18.2 Å². The summed E-state index contributed by atoms with van der Waals surface area (Å²) in [6.45, 7) is 0. The molecule has 1 heterocycles. The van der Waals surface area contributed by atoms with Crippen molar-refractivity contribution in [3.05, 3.63) is 62.8 Å². The van der Waals surface area contributed by atoms with E-state index in [-0.39, 0.29) is 5.91 Å². The molecule has 0 atom stereocenters. The average molecular weight is 385 g/mol. The van der Waals surface area contributed by atoms with Gasteiger partial charge in [-0.25, -0.2) is 4.98 Å². The van der Waals surface area contributed by atoms with Crippen molar-refractivity contribution < 1.29 is 4.79 Å². The minimum Gasteiger partial charge on any atom is -0.307 e. The summed E-state index contributed by atoms with van der Waals surface area (Å²) < 4.78 is 1.02. The summed E-state index contributed by atoms with van der Waals surface area (Å²) in [4.78, 5) is 15.8. The molecule has 0 saturated heterocycles. The summed E-state index contributed by atoms with van der Waals surface area (Å²) in [6.07, 6.45) is 4.88. The number of halogens is 2. The highest BCUT2D eigenvalue weighted by Gasteiger charge is 1.98. The molecule has 2 rings (SSSR count). The van der Waals surface area contributed by atoms with Crippen LogP contribution in [-0.4, -0.2) is 10.9 Å². The van der Waals surface area contributed by atoms with E-state index in [4.69, 9.17) is 11.6 Å². The summed E-state index contributed by atoms with van der Waals surface area (Å²) in [5.74, 6) is 0.315. The molecule has 0 unspecified atom stereocenters. The number of nitrogens with zero attached hydrogens (tertiary/aromatic N) is 1. The van der Waals surface area contributed by atoms with Gasteiger partial charge in [-0.05, 0) is 58.5 Å². The van der Waals surface area contributed by atoms with E-state index in [2.05, 4.69) is 32.9 Å². The van der Waals surface area contributed by atoms with Crippen LogP contribution in [0.15, 0.2) is 48.7 Å². The number of nitrogens with one attached hydrogen (secondary N) is 1. The van der Waals surface area contributed by atoms with Crippen LogP contribution in [-0.2, 0) is 4.79 Å². The summed E-state index contributed by atoms with van der Waals surface area (Å²) in [7, 11) is 0. The molecule has 1 amide bonds. The zero-order chi connectivity index (χ0) is 13.7. The molecule has 0 radical (unpaired) electrons. The fourth-order valence-electron chi connectivity index (χ4n) is 1.36. The van der Waals surface area contributed by atoms with Gasteiger partial charge in [0.1, 0.15) is 5.82 Å². The van der Waals surface area contributed by atoms with Crippen molar-refractivity contribution in [2.24, 2.45) is 0 Å². The highest BCUT2D eigenvalue weighted by atomic mass is 127. The zero-order valence-electron chi connectivity index (χ0n) is 9.81. The summed E-state index contributed by atoms with van der Waals surface area (Å²) in [5, 5.41) is 3.36. The Bertz CT molecular complexity index is 594. The molecule has 1 aromatic heterocycles. The van der Waals surface area contributed by atoms with Crippen molar-refractivity contribution in [2.75, 3.05) is 5.32 Å². The Balaban J connectivity index is 1.97. The fourth-order valence-corrected chi connectivity index (χ4v) is 1.81. The third kappa shape index (κ3) is 4.65. The standard InChI is InChI=1S/C14H10ClIN2O/c15-11-4-1-10(2-5-11)3-8-14(19)18-13-7-6-12(16)9-17-13/h1-9H,(H,17,18,19)/b8-3+. The Kier molecular flexibility index (Phi) is 4.93. The lowest BCUT2D eigenvalue weighted by Gasteiger charge is -2.00. The first kappa shape index (κ1) is 14.0. The van der Waals surface area contributed by atoms with Crippen molar-refractivity contribution in [1.82, 2.24) is 4.98 Å². The van der Waals surface area contributed by atoms with Crippen LogP contribution in [0.5, 0.6) is 0 Å². The number of carbonyl (C=O) groups excluding carboxylic acids is 1. The molecule has 19 heavy (non-hydrogen) atoms. The van der Waals surface area contributed by atoms with Gasteiger partial charge in [0.05, 0.1) is 0 Å². The zero-order valence-corrected chi connectivity index (χ0v) is 12.7. The van der Waals surface area contributed by atoms with E-state index in [0.717, 1.165) is 9.13 Å². The Morgan fingerprint density at radius 3 is 2.58 bits per heavy atom. The van der Waals surface area contributed by atoms with Gasteiger partial charge in [-0.1, -0.05) is 23.7 Å². The first-order chi connectivity index (χ1) is 9.13. The second-order valence-corrected chi connectivity index (χ2v) is 5.42. The summed E-state index contributed by atoms with van der Waals surface area (Å²) in [6, 6.07) is 10.9. The number of carbonyl (C=O) groups is 1. The number of aromatic nitrogens is 1. The molecule has 1 N–H and O–H groups in total. The molecule has 0 spiro atoms. The van der Waals surface area contributed by atoms with E-state index in [0.29, 0.717) is 10.8 Å². The van der Waals surface area contributed by atoms with Crippen LogP contribution in [0, 0.1) is 3.57 Å². The predicted octanol–water partition coefficient (Wildman–Crippen LogP) is 3.99. The van der Waals surface area contributed by atoms with Crippen molar-refractivity contribution in [3.8, 4) is 0 Å². The van der Waals surface area contributed by atoms with Gasteiger partial charge < -0.3 is 5.32 Å². The van der Waals surface area contributed by atoms with Gasteiger partial charge in [-0.15, -0.1) is 0 Å². The quantitative estimate of drug-likeness (QED) is 0.642. The van der Waals surface area contributed by atoms with E-state index in [1.165, 1.54) is 6.08 Å². The summed E-state index contributed by atoms with van der Waals surface area (Å²) in [5.41, 5.74) is 0.912. The monoisotopic (exact) mass is 384 g/mol. The minimum absolute atomic E-state index is 0.219. The fraction of sp³-hybridized carbons (Fsp3) is 0. The van der Waals surface area contributed by atoms with Crippen LogP contribution in [0.2, 0.25) is 5.02 Å². The van der Waals surface area contributed by atoms with Gasteiger partial charge in [-0.2, -0.15) is 0 Å². The van der Waals surface area contributed by atoms with E-state index in [9.17, 15) is 4.79 Å². The molecular weight excluding hydrogens is 375 g/mol. The second-order valence-electron chi connectivity index (χ2n) is 3.74. The number of pyridine rings is 1. The molecule has 0 aliphatic rings. The molecule has 1 aromatic carbocycles. The van der Waals surface area contributed by atoms with Crippen LogP contribution < -0.4 is 5.32 Å². The maximum Gasteiger partial charge on any atom is 0.249 e. The Labute approximate surface area is 129 Å². The molecule has 5 heteroatoms. The molecule has 0 aliphatic carbocycles. The van der Waals surface area contributed by atoms with E-state index in [1.54, 1.807) is 30.5 Å². The highest BCUT2D eigenvalue weighted by molar-refractivity contribution is 14.1. The second kappa shape index (κ2) is 6.68. The smallest absolute Gasteiger partial charge is 0.249 e. The van der Waals surface area contributed by atoms with Crippen LogP contribution >= 0.6 is 34.2 Å². The highest BCUT2D eigenvalue weighted by Crippen LogP contribution is 2.11. The van der Waals surface area contributed by atoms with Gasteiger partial charge in [0, 0.05) is 20.9 Å². The molecule has 3 nitrogen and oxygen atoms in total. The number of benzene rings is 1. The molecular formula is C14H10ClIN2O. The van der Waals surface area contributed by atoms with Crippen molar-refractivity contribution in [1.29, 1.82) is 0 Å². The third-order valence-electron chi connectivity index (χ3n) is 2.28. The summed E-state index contributed by atoms with van der Waals surface area (Å²) >= 11 is 7.94. The maximum absolute atomic E-state index is 11.7. The SMILES string of the molecule is O=C(/C=C/c1ccc(Cl)cc1)Nc1ccc(I)cn1. The van der Waals surface area contributed by atoms with Crippen molar-refractivity contribution >= 4 is 52.0 Å². The maximum atomic E-state index is 11.7. The minimum atomic E-state index is -0.219. The number of hydrogen-bond acceptors (Lipinski definition) is 2. The van der Waals surface area contributed by atoms with Gasteiger partial charge >= 0.3 is 0 Å². The van der Waals surface area contributed by atoms with Crippen molar-refractivity contribution in [3.63, 3.8) is 0 Å². The van der Waals surface area contributed by atoms with E-state index < -0.39 is 0 Å². The largest absolute Gasteiger partial charge is 0.307 e. The van der Waals surface area contributed by atoms with Crippen LogP contribution in [0.25, 0.3) is 6.08 Å². The normalized spacial score (nSPS) is 10.6. The van der Waals surface area contributed by atoms with Crippen LogP contribution in [0.1, 0.15) is 5.56 Å². The number of rotatable bonds is 3. The average Bonchev–Trinajstić information content (AvgIpc) is 2.41. The topological polar surface area (TPSA) is 42.0 Å². The lowest BCUT2D eigenvalue weighted by molar-refractivity contribution is -0.111. The van der Waals surface area contributed by atoms with Crippen molar-refractivity contribution in [2.45, 2.75) is 0 Å². The van der Waals surface area contributed by atoms with Gasteiger partial charge in [0.15, 0.2) is 0 Å². The van der Waals surface area contributed by atoms with Crippen LogP contribution in [0.3, 0.4) is 0 Å². The van der Waals surface area contributed by atoms with Gasteiger partial charge in [0.2, 0.25) is 5.91 Å². The number of amides is 1. The lowest BCUT2D eigenvalue weighted by atomic mass is 10.2. The molecule has 0 bridgehead atoms. The van der Waals surface area contributed by atoms with E-state index >= 15 is 0 Å². The Morgan fingerprint density at radius 1 is 1.21 bits per heavy atom. The Morgan fingerprint density at radius 2 is 1.95 bits per heavy atom. The Hall–Kier alpha value is -1.40. The predicted molar refractivity (Wildman–Crippen MR) is 86.1 cm³/mol. The van der Waals surface area contributed by atoms with Gasteiger partial charge in [0.25, 0.3) is 0 Å². The first-order valence-electron chi connectivity index (χ1n) is 5.50. The molecule has 2 aromatic rings. The van der Waals surface area contributed by atoms with Crippen LogP contribution in [0.4, 0.5) is 5.82 Å². The third-order valence-corrected chi connectivity index (χ3v) is 3.17. The van der Waals surface area contributed by atoms with Gasteiger partial charge in [-0.3, -0.25) is 4.79 Å². The molecule has 0 aliphatic heterocycles. The molecule has 0 fully saturated rings. The first-order valence-corrected chi connectivity index (χ1v) is 6.95. The molecule has 96 valence electrons. The number of hydrogen-bond donors (Lipinski definition) is 1.